The third-order valence-corrected chi connectivity index (χ3v) is 3.22. The predicted molar refractivity (Wildman–Crippen MR) is 73.0 cm³/mol. The number of hydrogen-bond acceptors (Lipinski definition) is 4. The number of halogens is 1. The summed E-state index contributed by atoms with van der Waals surface area (Å²) < 4.78 is 10.0. The number of ether oxygens (including phenoxy) is 1. The van der Waals surface area contributed by atoms with Crippen LogP contribution in [0.2, 0.25) is 4.34 Å². The van der Waals surface area contributed by atoms with Gasteiger partial charge in [0.1, 0.15) is 10.1 Å². The van der Waals surface area contributed by atoms with E-state index in [4.69, 9.17) is 16.3 Å². The van der Waals surface area contributed by atoms with Gasteiger partial charge >= 0.3 is 5.97 Å². The Kier molecular flexibility index (Phi) is 3.99. The third-order valence-electron chi connectivity index (χ3n) is 2.32. The second-order valence-electron chi connectivity index (χ2n) is 4.12. The number of carbonyl (C=O) groups excluding carboxylic acids is 1. The number of aromatic nitrogens is 1. The zero-order valence-electron chi connectivity index (χ0n) is 10.0. The summed E-state index contributed by atoms with van der Waals surface area (Å²) in [4.78, 5) is 11.4. The first-order chi connectivity index (χ1) is 8.56. The van der Waals surface area contributed by atoms with E-state index in [-0.39, 0.29) is 11.9 Å². The highest BCUT2D eigenvalue weighted by Gasteiger charge is 2.10. The molecule has 3 nitrogen and oxygen atoms in total. The highest BCUT2D eigenvalue weighted by molar-refractivity contribution is 7.10. The second kappa shape index (κ2) is 5.50. The molecule has 0 amide bonds. The largest absolute Gasteiger partial charge is 0.426 e. The first-order valence-electron chi connectivity index (χ1n) is 5.50. The van der Waals surface area contributed by atoms with Gasteiger partial charge in [-0.05, 0) is 41.9 Å². The molecular formula is C13H12ClNO2S. The summed E-state index contributed by atoms with van der Waals surface area (Å²) >= 11 is 7.08. The highest BCUT2D eigenvalue weighted by atomic mass is 35.5. The van der Waals surface area contributed by atoms with Gasteiger partial charge in [0.15, 0.2) is 0 Å². The van der Waals surface area contributed by atoms with E-state index in [0.717, 1.165) is 11.3 Å². The smallest absolute Gasteiger partial charge is 0.313 e. The van der Waals surface area contributed by atoms with Crippen LogP contribution in [0.1, 0.15) is 13.8 Å². The summed E-state index contributed by atoms with van der Waals surface area (Å²) in [7, 11) is 0. The van der Waals surface area contributed by atoms with Gasteiger partial charge < -0.3 is 4.74 Å². The molecule has 0 bridgehead atoms. The van der Waals surface area contributed by atoms with Crippen LogP contribution in [0.15, 0.2) is 30.3 Å². The van der Waals surface area contributed by atoms with Gasteiger partial charge in [-0.3, -0.25) is 4.79 Å². The average Bonchev–Trinajstić information content (AvgIpc) is 2.76. The molecule has 1 aromatic carbocycles. The molecule has 0 aliphatic heterocycles. The second-order valence-corrected chi connectivity index (χ2v) is 5.55. The van der Waals surface area contributed by atoms with Crippen LogP contribution in [0.3, 0.4) is 0 Å². The Labute approximate surface area is 115 Å². The quantitative estimate of drug-likeness (QED) is 0.630. The van der Waals surface area contributed by atoms with Gasteiger partial charge in [0, 0.05) is 5.56 Å². The number of rotatable bonds is 3. The number of nitrogens with zero attached hydrogens (tertiary/aromatic N) is 1. The topological polar surface area (TPSA) is 39.2 Å². The number of carbonyl (C=O) groups is 1. The Bertz CT molecular complexity index is 548. The van der Waals surface area contributed by atoms with E-state index in [2.05, 4.69) is 4.37 Å². The molecule has 0 atom stereocenters. The zero-order valence-corrected chi connectivity index (χ0v) is 11.6. The SMILES string of the molecule is CC(C)C(=O)Oc1ccc(-c2cc(Cl)sn2)cc1. The van der Waals surface area contributed by atoms with Gasteiger partial charge in [0.2, 0.25) is 0 Å². The van der Waals surface area contributed by atoms with Crippen molar-refractivity contribution in [1.82, 2.24) is 4.37 Å². The lowest BCUT2D eigenvalue weighted by molar-refractivity contribution is -0.137. The molecule has 0 aliphatic rings. The van der Waals surface area contributed by atoms with Crippen LogP contribution in [-0.2, 0) is 4.79 Å². The minimum atomic E-state index is -0.237. The van der Waals surface area contributed by atoms with Crippen LogP contribution in [0, 0.1) is 5.92 Å². The fourth-order valence-corrected chi connectivity index (χ4v) is 2.03. The molecule has 2 rings (SSSR count). The van der Waals surface area contributed by atoms with Crippen LogP contribution < -0.4 is 4.74 Å². The molecule has 5 heteroatoms. The number of esters is 1. The van der Waals surface area contributed by atoms with Crippen molar-refractivity contribution in [2.75, 3.05) is 0 Å². The first-order valence-corrected chi connectivity index (χ1v) is 6.66. The van der Waals surface area contributed by atoms with Gasteiger partial charge in [-0.2, -0.15) is 4.37 Å². The molecule has 0 radical (unpaired) electrons. The Morgan fingerprint density at radius 3 is 2.50 bits per heavy atom. The van der Waals surface area contributed by atoms with Crippen molar-refractivity contribution in [3.63, 3.8) is 0 Å². The predicted octanol–water partition coefficient (Wildman–Crippen LogP) is 4.02. The van der Waals surface area contributed by atoms with Gasteiger partial charge in [-0.1, -0.05) is 25.4 Å². The van der Waals surface area contributed by atoms with Gasteiger partial charge in [0.25, 0.3) is 0 Å². The Morgan fingerprint density at radius 2 is 2.00 bits per heavy atom. The summed E-state index contributed by atoms with van der Waals surface area (Å²) in [5, 5.41) is 0. The van der Waals surface area contributed by atoms with Crippen molar-refractivity contribution in [1.29, 1.82) is 0 Å². The lowest BCUT2D eigenvalue weighted by Gasteiger charge is -2.06. The van der Waals surface area contributed by atoms with E-state index < -0.39 is 0 Å². The molecule has 0 aliphatic carbocycles. The van der Waals surface area contributed by atoms with Crippen molar-refractivity contribution in [3.05, 3.63) is 34.7 Å². The van der Waals surface area contributed by atoms with Crippen molar-refractivity contribution in [3.8, 4) is 17.0 Å². The van der Waals surface area contributed by atoms with Crippen molar-refractivity contribution in [2.45, 2.75) is 13.8 Å². The summed E-state index contributed by atoms with van der Waals surface area (Å²) in [6.45, 7) is 3.60. The Hall–Kier alpha value is -1.39. The maximum Gasteiger partial charge on any atom is 0.313 e. The molecule has 0 saturated carbocycles. The lowest BCUT2D eigenvalue weighted by Crippen LogP contribution is -2.14. The van der Waals surface area contributed by atoms with Crippen LogP contribution in [0.4, 0.5) is 0 Å². The summed E-state index contributed by atoms with van der Waals surface area (Å²) in [5.74, 6) is 0.167. The summed E-state index contributed by atoms with van der Waals surface area (Å²) in [6, 6.07) is 9.02. The van der Waals surface area contributed by atoms with Gasteiger partial charge in [-0.15, -0.1) is 0 Å². The Morgan fingerprint density at radius 1 is 1.33 bits per heavy atom. The fourth-order valence-electron chi connectivity index (χ4n) is 1.32. The van der Waals surface area contributed by atoms with Gasteiger partial charge in [0.05, 0.1) is 11.6 Å². The van der Waals surface area contributed by atoms with E-state index in [1.807, 2.05) is 12.1 Å². The zero-order chi connectivity index (χ0) is 13.1. The Balaban J connectivity index is 2.13. The minimum Gasteiger partial charge on any atom is -0.426 e. The summed E-state index contributed by atoms with van der Waals surface area (Å²) in [5.41, 5.74) is 1.77. The first kappa shape index (κ1) is 13.1. The van der Waals surface area contributed by atoms with E-state index in [1.54, 1.807) is 32.0 Å². The molecular weight excluding hydrogens is 270 g/mol. The number of benzene rings is 1. The molecule has 18 heavy (non-hydrogen) atoms. The molecule has 0 saturated heterocycles. The van der Waals surface area contributed by atoms with Crippen molar-refractivity contribution >= 4 is 29.1 Å². The molecule has 0 spiro atoms. The maximum absolute atomic E-state index is 11.4. The normalized spacial score (nSPS) is 10.7. The van der Waals surface area contributed by atoms with Gasteiger partial charge in [-0.25, -0.2) is 0 Å². The van der Waals surface area contributed by atoms with Crippen molar-refractivity contribution < 1.29 is 9.53 Å². The molecule has 0 fully saturated rings. The van der Waals surface area contributed by atoms with E-state index in [9.17, 15) is 4.79 Å². The van der Waals surface area contributed by atoms with E-state index >= 15 is 0 Å². The fraction of sp³-hybridized carbons (Fsp3) is 0.231. The molecule has 0 N–H and O–H groups in total. The standard InChI is InChI=1S/C13H12ClNO2S/c1-8(2)13(16)17-10-5-3-9(4-6-10)11-7-12(14)18-15-11/h3-8H,1-2H3. The van der Waals surface area contributed by atoms with Crippen LogP contribution >= 0.6 is 23.1 Å². The van der Waals surface area contributed by atoms with E-state index in [1.165, 1.54) is 11.5 Å². The number of hydrogen-bond donors (Lipinski definition) is 0. The molecule has 1 heterocycles. The lowest BCUT2D eigenvalue weighted by atomic mass is 10.1. The molecule has 2 aromatic rings. The van der Waals surface area contributed by atoms with E-state index in [0.29, 0.717) is 10.1 Å². The minimum absolute atomic E-state index is 0.137. The van der Waals surface area contributed by atoms with Crippen LogP contribution in [0.5, 0.6) is 5.75 Å². The third kappa shape index (κ3) is 3.09. The molecule has 0 unspecified atom stereocenters. The average molecular weight is 282 g/mol. The molecule has 1 aromatic heterocycles. The van der Waals surface area contributed by atoms with Crippen molar-refractivity contribution in [2.24, 2.45) is 5.92 Å². The monoisotopic (exact) mass is 281 g/mol. The highest BCUT2D eigenvalue weighted by Crippen LogP contribution is 2.26. The van der Waals surface area contributed by atoms with Crippen LogP contribution in [-0.4, -0.2) is 10.3 Å². The molecule has 94 valence electrons. The van der Waals surface area contributed by atoms with Crippen LogP contribution in [0.25, 0.3) is 11.3 Å². The summed E-state index contributed by atoms with van der Waals surface area (Å²) in [6.07, 6.45) is 0. The maximum atomic E-state index is 11.4.